The van der Waals surface area contributed by atoms with Gasteiger partial charge in [0.15, 0.2) is 0 Å². The molecular weight excluding hydrogens is 176 g/mol. The first-order valence-electron chi connectivity index (χ1n) is 5.59. The van der Waals surface area contributed by atoms with Crippen LogP contribution in [0.3, 0.4) is 0 Å². The zero-order valence-electron chi connectivity index (χ0n) is 9.71. The maximum absolute atomic E-state index is 11.9. The average Bonchev–Trinajstić information content (AvgIpc) is 2.14. The lowest BCUT2D eigenvalue weighted by molar-refractivity contribution is -0.136. The summed E-state index contributed by atoms with van der Waals surface area (Å²) in [5, 5.41) is 3.43. The number of carbonyl (C=O) groups is 1. The Hall–Kier alpha value is -0.570. The van der Waals surface area contributed by atoms with Gasteiger partial charge in [-0.15, -0.1) is 0 Å². The van der Waals surface area contributed by atoms with Crippen LogP contribution in [0.4, 0.5) is 0 Å². The molecule has 0 aliphatic carbocycles. The predicted molar refractivity (Wildman–Crippen MR) is 58.1 cm³/mol. The molecule has 1 saturated heterocycles. The first-order chi connectivity index (χ1) is 6.54. The lowest BCUT2D eigenvalue weighted by Crippen LogP contribution is -2.56. The minimum Gasteiger partial charge on any atom is -0.339 e. The molecule has 1 aliphatic rings. The summed E-state index contributed by atoms with van der Waals surface area (Å²) in [7, 11) is 0. The number of carbonyl (C=O) groups excluding carboxylic acids is 1. The Morgan fingerprint density at radius 2 is 1.93 bits per heavy atom. The van der Waals surface area contributed by atoms with Crippen molar-refractivity contribution < 1.29 is 4.79 Å². The molecule has 82 valence electrons. The smallest absolute Gasteiger partial charge is 0.225 e. The van der Waals surface area contributed by atoms with E-state index in [4.69, 9.17) is 0 Å². The van der Waals surface area contributed by atoms with E-state index >= 15 is 0 Å². The van der Waals surface area contributed by atoms with Crippen LogP contribution in [0.25, 0.3) is 0 Å². The molecule has 0 radical (unpaired) electrons. The van der Waals surface area contributed by atoms with Crippen LogP contribution in [-0.2, 0) is 4.79 Å². The molecule has 1 aliphatic heterocycles. The lowest BCUT2D eigenvalue weighted by atomic mass is 10.0. The Kier molecular flexibility index (Phi) is 3.93. The molecule has 1 fully saturated rings. The third-order valence-electron chi connectivity index (χ3n) is 2.90. The van der Waals surface area contributed by atoms with Gasteiger partial charge in [-0.1, -0.05) is 13.8 Å². The van der Waals surface area contributed by atoms with Crippen LogP contribution in [0, 0.1) is 5.92 Å². The highest BCUT2D eigenvalue weighted by Gasteiger charge is 2.26. The Morgan fingerprint density at radius 3 is 2.36 bits per heavy atom. The Balaban J connectivity index is 2.54. The number of rotatable bonds is 2. The van der Waals surface area contributed by atoms with Crippen LogP contribution in [-0.4, -0.2) is 36.0 Å². The second-order valence-electron chi connectivity index (χ2n) is 4.52. The van der Waals surface area contributed by atoms with Crippen molar-refractivity contribution in [2.24, 2.45) is 5.92 Å². The van der Waals surface area contributed by atoms with Crippen LogP contribution < -0.4 is 5.32 Å². The van der Waals surface area contributed by atoms with Gasteiger partial charge >= 0.3 is 0 Å². The molecular formula is C11H22N2O. The zero-order chi connectivity index (χ0) is 10.7. The molecule has 0 spiro atoms. The van der Waals surface area contributed by atoms with Crippen molar-refractivity contribution in [3.63, 3.8) is 0 Å². The summed E-state index contributed by atoms with van der Waals surface area (Å²) < 4.78 is 0. The molecule has 0 saturated carbocycles. The normalized spacial score (nSPS) is 30.1. The van der Waals surface area contributed by atoms with E-state index in [2.05, 4.69) is 26.1 Å². The van der Waals surface area contributed by atoms with Gasteiger partial charge in [-0.2, -0.15) is 0 Å². The summed E-state index contributed by atoms with van der Waals surface area (Å²) in [6, 6.07) is 0.846. The molecule has 3 heteroatoms. The fraction of sp³-hybridized carbons (Fsp3) is 0.909. The van der Waals surface area contributed by atoms with E-state index in [1.807, 2.05) is 11.8 Å². The molecule has 0 aromatic heterocycles. The fourth-order valence-electron chi connectivity index (χ4n) is 1.99. The van der Waals surface area contributed by atoms with Crippen molar-refractivity contribution in [1.29, 1.82) is 0 Å². The third-order valence-corrected chi connectivity index (χ3v) is 2.90. The molecule has 3 unspecified atom stereocenters. The Bertz CT molecular complexity index is 195. The SMILES string of the molecule is CCC(C)C(=O)N1CC(C)NC(C)C1. The van der Waals surface area contributed by atoms with E-state index in [9.17, 15) is 4.79 Å². The van der Waals surface area contributed by atoms with Gasteiger partial charge in [-0.25, -0.2) is 0 Å². The van der Waals surface area contributed by atoms with Crippen molar-refractivity contribution in [3.8, 4) is 0 Å². The highest BCUT2D eigenvalue weighted by atomic mass is 16.2. The van der Waals surface area contributed by atoms with E-state index in [1.165, 1.54) is 0 Å². The van der Waals surface area contributed by atoms with Crippen LogP contribution in [0.5, 0.6) is 0 Å². The number of piperazine rings is 1. The van der Waals surface area contributed by atoms with E-state index in [0.717, 1.165) is 19.5 Å². The Morgan fingerprint density at radius 1 is 1.43 bits per heavy atom. The Labute approximate surface area is 86.9 Å². The summed E-state index contributed by atoms with van der Waals surface area (Å²) in [6.07, 6.45) is 0.936. The standard InChI is InChI=1S/C11H22N2O/c1-5-8(2)11(14)13-6-9(3)12-10(4)7-13/h8-10,12H,5-7H2,1-4H3. The van der Waals surface area contributed by atoms with E-state index in [1.54, 1.807) is 0 Å². The van der Waals surface area contributed by atoms with Gasteiger partial charge in [0.1, 0.15) is 0 Å². The average molecular weight is 198 g/mol. The topological polar surface area (TPSA) is 32.3 Å². The summed E-state index contributed by atoms with van der Waals surface area (Å²) >= 11 is 0. The number of nitrogens with one attached hydrogen (secondary N) is 1. The van der Waals surface area contributed by atoms with Gasteiger partial charge < -0.3 is 10.2 Å². The number of nitrogens with zero attached hydrogens (tertiary/aromatic N) is 1. The summed E-state index contributed by atoms with van der Waals surface area (Å²) in [5.74, 6) is 0.486. The van der Waals surface area contributed by atoms with Crippen LogP contribution in [0.2, 0.25) is 0 Å². The minimum atomic E-state index is 0.174. The van der Waals surface area contributed by atoms with Crippen molar-refractivity contribution >= 4 is 5.91 Å². The highest BCUT2D eigenvalue weighted by Crippen LogP contribution is 2.11. The van der Waals surface area contributed by atoms with Gasteiger partial charge in [0.25, 0.3) is 0 Å². The number of amides is 1. The van der Waals surface area contributed by atoms with Crippen LogP contribution in [0.1, 0.15) is 34.1 Å². The molecule has 1 amide bonds. The predicted octanol–water partition coefficient (Wildman–Crippen LogP) is 1.24. The van der Waals surface area contributed by atoms with Gasteiger partial charge in [-0.3, -0.25) is 4.79 Å². The van der Waals surface area contributed by atoms with Gasteiger partial charge in [0, 0.05) is 31.1 Å². The first-order valence-corrected chi connectivity index (χ1v) is 5.59. The largest absolute Gasteiger partial charge is 0.339 e. The summed E-state index contributed by atoms with van der Waals surface area (Å²) in [4.78, 5) is 13.9. The fourth-order valence-corrected chi connectivity index (χ4v) is 1.99. The maximum atomic E-state index is 11.9. The molecule has 0 aromatic rings. The molecule has 14 heavy (non-hydrogen) atoms. The van der Waals surface area contributed by atoms with E-state index < -0.39 is 0 Å². The van der Waals surface area contributed by atoms with Crippen LogP contribution >= 0.6 is 0 Å². The second kappa shape index (κ2) is 4.78. The molecule has 1 rings (SSSR count). The molecule has 3 atom stereocenters. The summed E-state index contributed by atoms with van der Waals surface area (Å²) in [6.45, 7) is 10.1. The molecule has 0 aromatic carbocycles. The van der Waals surface area contributed by atoms with Gasteiger partial charge in [0.05, 0.1) is 0 Å². The first kappa shape index (κ1) is 11.5. The maximum Gasteiger partial charge on any atom is 0.225 e. The van der Waals surface area contributed by atoms with E-state index in [-0.39, 0.29) is 5.92 Å². The third kappa shape index (κ3) is 2.71. The van der Waals surface area contributed by atoms with Gasteiger partial charge in [0.2, 0.25) is 5.91 Å². The molecule has 1 heterocycles. The monoisotopic (exact) mass is 198 g/mol. The van der Waals surface area contributed by atoms with Crippen LogP contribution in [0.15, 0.2) is 0 Å². The minimum absolute atomic E-state index is 0.174. The highest BCUT2D eigenvalue weighted by molar-refractivity contribution is 5.78. The zero-order valence-corrected chi connectivity index (χ0v) is 9.71. The molecule has 0 bridgehead atoms. The van der Waals surface area contributed by atoms with Crippen molar-refractivity contribution in [2.45, 2.75) is 46.2 Å². The van der Waals surface area contributed by atoms with Crippen molar-refractivity contribution in [3.05, 3.63) is 0 Å². The molecule has 3 nitrogen and oxygen atoms in total. The lowest BCUT2D eigenvalue weighted by Gasteiger charge is -2.37. The second-order valence-corrected chi connectivity index (χ2v) is 4.52. The molecule has 1 N–H and O–H groups in total. The number of hydrogen-bond acceptors (Lipinski definition) is 2. The van der Waals surface area contributed by atoms with Crippen molar-refractivity contribution in [2.75, 3.05) is 13.1 Å². The number of hydrogen-bond donors (Lipinski definition) is 1. The van der Waals surface area contributed by atoms with Crippen molar-refractivity contribution in [1.82, 2.24) is 10.2 Å². The summed E-state index contributed by atoms with van der Waals surface area (Å²) in [5.41, 5.74) is 0. The quantitative estimate of drug-likeness (QED) is 0.724. The van der Waals surface area contributed by atoms with E-state index in [0.29, 0.717) is 18.0 Å². The van der Waals surface area contributed by atoms with Gasteiger partial charge in [-0.05, 0) is 20.3 Å².